The monoisotopic (exact) mass is 295 g/mol. The molecular formula is C12H16F3NO2S. The first-order valence-corrected chi connectivity index (χ1v) is 6.80. The van der Waals surface area contributed by atoms with Gasteiger partial charge in [0.1, 0.15) is 0 Å². The van der Waals surface area contributed by atoms with E-state index in [0.717, 1.165) is 6.07 Å². The van der Waals surface area contributed by atoms with Gasteiger partial charge in [0.05, 0.1) is 18.3 Å². The van der Waals surface area contributed by atoms with E-state index in [2.05, 4.69) is 0 Å². The molecule has 108 valence electrons. The minimum absolute atomic E-state index is 0.0426. The average Bonchev–Trinajstić information content (AvgIpc) is 2.37. The molecule has 0 amide bonds. The van der Waals surface area contributed by atoms with E-state index in [1.807, 2.05) is 0 Å². The summed E-state index contributed by atoms with van der Waals surface area (Å²) in [6.07, 6.45) is -5.31. The highest BCUT2D eigenvalue weighted by Crippen LogP contribution is 2.34. The zero-order chi connectivity index (χ0) is 14.5. The van der Waals surface area contributed by atoms with Gasteiger partial charge < -0.3 is 15.9 Å². The number of halogens is 3. The fourth-order valence-corrected chi connectivity index (χ4v) is 2.50. The number of aliphatic hydroxyl groups is 2. The molecule has 0 radical (unpaired) electrons. The van der Waals surface area contributed by atoms with E-state index in [1.165, 1.54) is 30.0 Å². The fraction of sp³-hybridized carbons (Fsp3) is 0.500. The van der Waals surface area contributed by atoms with Gasteiger partial charge in [-0.05, 0) is 11.6 Å². The maximum atomic E-state index is 12.8. The molecule has 1 aromatic rings. The highest BCUT2D eigenvalue weighted by molar-refractivity contribution is 7.99. The summed E-state index contributed by atoms with van der Waals surface area (Å²) in [5.41, 5.74) is 5.07. The van der Waals surface area contributed by atoms with Crippen LogP contribution < -0.4 is 5.73 Å². The molecular weight excluding hydrogens is 279 g/mol. The molecule has 4 N–H and O–H groups in total. The van der Waals surface area contributed by atoms with Crippen molar-refractivity contribution in [3.05, 3.63) is 35.4 Å². The van der Waals surface area contributed by atoms with Crippen LogP contribution >= 0.6 is 11.8 Å². The van der Waals surface area contributed by atoms with Crippen molar-refractivity contribution in [2.45, 2.75) is 18.3 Å². The molecule has 0 bridgehead atoms. The van der Waals surface area contributed by atoms with Gasteiger partial charge in [-0.25, -0.2) is 0 Å². The molecule has 2 unspecified atom stereocenters. The molecule has 7 heteroatoms. The summed E-state index contributed by atoms with van der Waals surface area (Å²) in [6, 6.07) is 4.42. The number of alkyl halides is 3. The van der Waals surface area contributed by atoms with Crippen molar-refractivity contribution >= 4 is 11.8 Å². The van der Waals surface area contributed by atoms with Gasteiger partial charge in [-0.1, -0.05) is 18.2 Å². The van der Waals surface area contributed by atoms with Crippen LogP contribution in [0.15, 0.2) is 24.3 Å². The van der Waals surface area contributed by atoms with Gasteiger partial charge in [-0.3, -0.25) is 0 Å². The molecule has 0 fully saturated rings. The van der Waals surface area contributed by atoms with Gasteiger partial charge in [0, 0.05) is 17.5 Å². The van der Waals surface area contributed by atoms with E-state index < -0.39 is 23.9 Å². The molecule has 19 heavy (non-hydrogen) atoms. The van der Waals surface area contributed by atoms with Crippen LogP contribution in [-0.4, -0.2) is 34.4 Å². The molecule has 0 aliphatic rings. The van der Waals surface area contributed by atoms with E-state index in [4.69, 9.17) is 15.9 Å². The van der Waals surface area contributed by atoms with Crippen molar-refractivity contribution in [3.8, 4) is 0 Å². The molecule has 0 saturated carbocycles. The number of aliphatic hydroxyl groups excluding tert-OH is 2. The number of thioether (sulfide) groups is 1. The SMILES string of the molecule is NC(CSCC(O)CO)c1ccccc1C(F)(F)F. The Morgan fingerprint density at radius 2 is 1.84 bits per heavy atom. The van der Waals surface area contributed by atoms with Crippen LogP contribution in [0.1, 0.15) is 17.2 Å². The quantitative estimate of drug-likeness (QED) is 0.748. The normalized spacial score (nSPS) is 15.3. The molecule has 2 atom stereocenters. The predicted molar refractivity (Wildman–Crippen MR) is 68.8 cm³/mol. The first-order valence-electron chi connectivity index (χ1n) is 5.64. The first-order chi connectivity index (χ1) is 8.86. The Kier molecular flexibility index (Phi) is 6.12. The summed E-state index contributed by atoms with van der Waals surface area (Å²) in [5, 5.41) is 17.8. The second-order valence-electron chi connectivity index (χ2n) is 4.07. The van der Waals surface area contributed by atoms with Crippen LogP contribution in [0.2, 0.25) is 0 Å². The first kappa shape index (κ1) is 16.3. The van der Waals surface area contributed by atoms with E-state index in [-0.39, 0.29) is 23.7 Å². The Morgan fingerprint density at radius 1 is 1.21 bits per heavy atom. The van der Waals surface area contributed by atoms with Crippen molar-refractivity contribution in [1.82, 2.24) is 0 Å². The highest BCUT2D eigenvalue weighted by Gasteiger charge is 2.34. The zero-order valence-electron chi connectivity index (χ0n) is 10.1. The third-order valence-electron chi connectivity index (χ3n) is 2.48. The number of benzene rings is 1. The summed E-state index contributed by atoms with van der Waals surface area (Å²) >= 11 is 1.21. The summed E-state index contributed by atoms with van der Waals surface area (Å²) in [4.78, 5) is 0. The molecule has 0 saturated heterocycles. The minimum Gasteiger partial charge on any atom is -0.394 e. The Balaban J connectivity index is 2.69. The molecule has 0 aliphatic carbocycles. The topological polar surface area (TPSA) is 66.5 Å². The Bertz CT molecular complexity index is 401. The maximum Gasteiger partial charge on any atom is 0.416 e. The molecule has 1 rings (SSSR count). The van der Waals surface area contributed by atoms with Crippen molar-refractivity contribution < 1.29 is 23.4 Å². The second-order valence-corrected chi connectivity index (χ2v) is 5.14. The van der Waals surface area contributed by atoms with Crippen LogP contribution in [0.3, 0.4) is 0 Å². The lowest BCUT2D eigenvalue weighted by Crippen LogP contribution is -2.21. The van der Waals surface area contributed by atoms with E-state index >= 15 is 0 Å². The second kappa shape index (κ2) is 7.14. The molecule has 3 nitrogen and oxygen atoms in total. The summed E-state index contributed by atoms with van der Waals surface area (Å²) < 4.78 is 38.3. The number of nitrogens with two attached hydrogens (primary N) is 1. The lowest BCUT2D eigenvalue weighted by Gasteiger charge is -2.18. The van der Waals surface area contributed by atoms with Gasteiger partial charge in [0.2, 0.25) is 0 Å². The number of hydrogen-bond acceptors (Lipinski definition) is 4. The third-order valence-corrected chi connectivity index (χ3v) is 3.70. The zero-order valence-corrected chi connectivity index (χ0v) is 10.9. The van der Waals surface area contributed by atoms with E-state index in [1.54, 1.807) is 0 Å². The summed E-state index contributed by atoms with van der Waals surface area (Å²) in [7, 11) is 0. The summed E-state index contributed by atoms with van der Waals surface area (Å²) in [6.45, 7) is -0.374. The predicted octanol–water partition coefficient (Wildman–Crippen LogP) is 1.79. The Hall–Kier alpha value is -0.760. The lowest BCUT2D eigenvalue weighted by molar-refractivity contribution is -0.138. The van der Waals surface area contributed by atoms with E-state index in [0.29, 0.717) is 0 Å². The molecule has 1 aromatic carbocycles. The van der Waals surface area contributed by atoms with Gasteiger partial charge in [-0.2, -0.15) is 24.9 Å². The van der Waals surface area contributed by atoms with Crippen LogP contribution in [0, 0.1) is 0 Å². The Labute approximate surface area is 113 Å². The standard InChI is InChI=1S/C12H16F3NO2S/c13-12(14,15)10-4-2-1-3-9(10)11(16)7-19-6-8(18)5-17/h1-4,8,11,17-18H,5-7,16H2. The van der Waals surface area contributed by atoms with Crippen LogP contribution in [0.5, 0.6) is 0 Å². The number of rotatable bonds is 6. The largest absolute Gasteiger partial charge is 0.416 e. The van der Waals surface area contributed by atoms with Crippen molar-refractivity contribution in [2.75, 3.05) is 18.1 Å². The van der Waals surface area contributed by atoms with Crippen molar-refractivity contribution in [2.24, 2.45) is 5.73 Å². The van der Waals surface area contributed by atoms with Crippen molar-refractivity contribution in [3.63, 3.8) is 0 Å². The third kappa shape index (κ3) is 5.02. The van der Waals surface area contributed by atoms with Crippen LogP contribution in [0.4, 0.5) is 13.2 Å². The molecule has 0 aliphatic heterocycles. The van der Waals surface area contributed by atoms with Gasteiger partial charge in [-0.15, -0.1) is 0 Å². The molecule has 0 aromatic heterocycles. The highest BCUT2D eigenvalue weighted by atomic mass is 32.2. The fourth-order valence-electron chi connectivity index (χ4n) is 1.55. The molecule has 0 heterocycles. The minimum atomic E-state index is -4.43. The van der Waals surface area contributed by atoms with E-state index in [9.17, 15) is 13.2 Å². The smallest absolute Gasteiger partial charge is 0.394 e. The lowest BCUT2D eigenvalue weighted by atomic mass is 10.0. The molecule has 0 spiro atoms. The van der Waals surface area contributed by atoms with Crippen LogP contribution in [0.25, 0.3) is 0 Å². The van der Waals surface area contributed by atoms with Gasteiger partial charge in [0.15, 0.2) is 0 Å². The summed E-state index contributed by atoms with van der Waals surface area (Å²) in [5.74, 6) is 0.475. The Morgan fingerprint density at radius 3 is 2.42 bits per heavy atom. The number of hydrogen-bond donors (Lipinski definition) is 3. The van der Waals surface area contributed by atoms with Gasteiger partial charge in [0.25, 0.3) is 0 Å². The average molecular weight is 295 g/mol. The van der Waals surface area contributed by atoms with Gasteiger partial charge >= 0.3 is 6.18 Å². The van der Waals surface area contributed by atoms with Crippen LogP contribution in [-0.2, 0) is 6.18 Å². The maximum absolute atomic E-state index is 12.8. The van der Waals surface area contributed by atoms with Crippen molar-refractivity contribution in [1.29, 1.82) is 0 Å².